The average Bonchev–Trinajstić information content (AvgIpc) is 2.89. The smallest absolute Gasteiger partial charge is 0.254 e. The third-order valence-electron chi connectivity index (χ3n) is 6.58. The molecule has 3 heteroatoms. The second kappa shape index (κ2) is 11.5. The van der Waals surface area contributed by atoms with E-state index < -0.39 is 0 Å². The van der Waals surface area contributed by atoms with E-state index in [4.69, 9.17) is 0 Å². The van der Waals surface area contributed by atoms with Crippen LogP contribution in [0.2, 0.25) is 0 Å². The molecule has 0 bridgehead atoms. The van der Waals surface area contributed by atoms with Crippen LogP contribution in [0.15, 0.2) is 109 Å². The zero-order valence-corrected chi connectivity index (χ0v) is 20.9. The van der Waals surface area contributed by atoms with E-state index in [0.29, 0.717) is 13.1 Å². The summed E-state index contributed by atoms with van der Waals surface area (Å²) in [6.45, 7) is 3.25. The maximum atomic E-state index is 13.7. The van der Waals surface area contributed by atoms with Gasteiger partial charge in [0.05, 0.1) is 0 Å². The highest BCUT2D eigenvalue weighted by Crippen LogP contribution is 2.29. The van der Waals surface area contributed by atoms with E-state index in [1.807, 2.05) is 50.2 Å². The third-order valence-corrected chi connectivity index (χ3v) is 6.58. The first-order valence-corrected chi connectivity index (χ1v) is 12.2. The molecule has 0 heterocycles. The fourth-order valence-corrected chi connectivity index (χ4v) is 4.54. The van der Waals surface area contributed by atoms with Crippen LogP contribution < -0.4 is 4.90 Å². The molecule has 0 aliphatic heterocycles. The molecule has 3 nitrogen and oxygen atoms in total. The molecule has 4 rings (SSSR count). The second-order valence-corrected chi connectivity index (χ2v) is 9.27. The van der Waals surface area contributed by atoms with Gasteiger partial charge in [-0.1, -0.05) is 91.0 Å². The molecular formula is C32H34N2O. The Bertz CT molecular complexity index is 1180. The van der Waals surface area contributed by atoms with Gasteiger partial charge in [0.1, 0.15) is 0 Å². The molecular weight excluding hydrogens is 428 g/mol. The molecule has 0 radical (unpaired) electrons. The molecule has 178 valence electrons. The van der Waals surface area contributed by atoms with Crippen LogP contribution in [-0.2, 0) is 6.54 Å². The van der Waals surface area contributed by atoms with Crippen molar-refractivity contribution in [1.82, 2.24) is 4.90 Å². The van der Waals surface area contributed by atoms with Crippen molar-refractivity contribution in [1.29, 1.82) is 0 Å². The minimum absolute atomic E-state index is 0.0830. The minimum atomic E-state index is 0.0830. The first-order chi connectivity index (χ1) is 17.0. The lowest BCUT2D eigenvalue weighted by molar-refractivity contribution is 0.0738. The van der Waals surface area contributed by atoms with Crippen molar-refractivity contribution in [3.63, 3.8) is 0 Å². The quantitative estimate of drug-likeness (QED) is 0.269. The second-order valence-electron chi connectivity index (χ2n) is 9.27. The summed E-state index contributed by atoms with van der Waals surface area (Å²) >= 11 is 0. The predicted octanol–water partition coefficient (Wildman–Crippen LogP) is 6.93. The lowest BCUT2D eigenvalue weighted by Gasteiger charge is -2.27. The SMILES string of the molecule is Cc1ccccc1C(=O)N(CCC(c1ccccc1)c1ccccc1)Cc1ccc(N(C)C)cc1. The van der Waals surface area contributed by atoms with Gasteiger partial charge in [-0.2, -0.15) is 0 Å². The molecule has 4 aromatic rings. The summed E-state index contributed by atoms with van der Waals surface area (Å²) in [7, 11) is 4.08. The number of aryl methyl sites for hydroxylation is 1. The summed E-state index contributed by atoms with van der Waals surface area (Å²) in [4.78, 5) is 17.8. The first kappa shape index (κ1) is 24.3. The fourth-order valence-electron chi connectivity index (χ4n) is 4.54. The van der Waals surface area contributed by atoms with Crippen LogP contribution in [0.4, 0.5) is 5.69 Å². The van der Waals surface area contributed by atoms with Crippen molar-refractivity contribution in [3.8, 4) is 0 Å². The third kappa shape index (κ3) is 6.19. The van der Waals surface area contributed by atoms with Crippen LogP contribution in [0.25, 0.3) is 0 Å². The Morgan fingerprint density at radius 2 is 1.26 bits per heavy atom. The van der Waals surface area contributed by atoms with E-state index in [9.17, 15) is 4.79 Å². The van der Waals surface area contributed by atoms with Crippen molar-refractivity contribution in [2.45, 2.75) is 25.8 Å². The van der Waals surface area contributed by atoms with Crippen LogP contribution in [0.1, 0.15) is 45.0 Å². The van der Waals surface area contributed by atoms with Gasteiger partial charge in [0.2, 0.25) is 0 Å². The number of carbonyl (C=O) groups is 1. The van der Waals surface area contributed by atoms with Gasteiger partial charge in [0.25, 0.3) is 5.91 Å². The van der Waals surface area contributed by atoms with Gasteiger partial charge in [-0.25, -0.2) is 0 Å². The molecule has 0 saturated carbocycles. The van der Waals surface area contributed by atoms with Gasteiger partial charge in [0, 0.05) is 44.4 Å². The maximum Gasteiger partial charge on any atom is 0.254 e. The van der Waals surface area contributed by atoms with Crippen LogP contribution in [-0.4, -0.2) is 31.4 Å². The number of hydrogen-bond acceptors (Lipinski definition) is 2. The zero-order valence-electron chi connectivity index (χ0n) is 20.9. The van der Waals surface area contributed by atoms with Crippen molar-refractivity contribution < 1.29 is 4.79 Å². The topological polar surface area (TPSA) is 23.6 Å². The number of nitrogens with zero attached hydrogens (tertiary/aromatic N) is 2. The lowest BCUT2D eigenvalue weighted by atomic mass is 9.88. The van der Waals surface area contributed by atoms with Crippen molar-refractivity contribution in [2.75, 3.05) is 25.5 Å². The van der Waals surface area contributed by atoms with Crippen LogP contribution >= 0.6 is 0 Å². The molecule has 0 N–H and O–H groups in total. The van der Waals surface area contributed by atoms with E-state index in [0.717, 1.165) is 28.8 Å². The normalized spacial score (nSPS) is 10.9. The Hall–Kier alpha value is -3.85. The minimum Gasteiger partial charge on any atom is -0.378 e. The van der Waals surface area contributed by atoms with Crippen molar-refractivity contribution in [2.24, 2.45) is 0 Å². The summed E-state index contributed by atoms with van der Waals surface area (Å²) < 4.78 is 0. The number of carbonyl (C=O) groups excluding carboxylic acids is 1. The number of amides is 1. The molecule has 4 aromatic carbocycles. The lowest BCUT2D eigenvalue weighted by Crippen LogP contribution is -2.33. The van der Waals surface area contributed by atoms with Crippen molar-refractivity contribution in [3.05, 3.63) is 137 Å². The predicted molar refractivity (Wildman–Crippen MR) is 146 cm³/mol. The monoisotopic (exact) mass is 462 g/mol. The van der Waals surface area contributed by atoms with Gasteiger partial charge < -0.3 is 9.80 Å². The molecule has 0 fully saturated rings. The average molecular weight is 463 g/mol. The Balaban J connectivity index is 1.62. The van der Waals surface area contributed by atoms with Crippen molar-refractivity contribution >= 4 is 11.6 Å². The van der Waals surface area contributed by atoms with Gasteiger partial charge in [-0.15, -0.1) is 0 Å². The summed E-state index contributed by atoms with van der Waals surface area (Å²) in [6.07, 6.45) is 0.849. The summed E-state index contributed by atoms with van der Waals surface area (Å²) in [5.74, 6) is 0.306. The molecule has 1 amide bonds. The highest BCUT2D eigenvalue weighted by molar-refractivity contribution is 5.95. The molecule has 0 aliphatic carbocycles. The highest BCUT2D eigenvalue weighted by atomic mass is 16.2. The number of hydrogen-bond donors (Lipinski definition) is 0. The highest BCUT2D eigenvalue weighted by Gasteiger charge is 2.21. The molecule has 35 heavy (non-hydrogen) atoms. The zero-order chi connectivity index (χ0) is 24.6. The fraction of sp³-hybridized carbons (Fsp3) is 0.219. The molecule has 0 spiro atoms. The first-order valence-electron chi connectivity index (χ1n) is 12.2. The molecule has 0 aromatic heterocycles. The van der Waals surface area contributed by atoms with Crippen LogP contribution in [0, 0.1) is 6.92 Å². The molecule has 0 aliphatic rings. The Morgan fingerprint density at radius 3 is 1.80 bits per heavy atom. The van der Waals surface area contributed by atoms with E-state index in [2.05, 4.69) is 89.8 Å². The van der Waals surface area contributed by atoms with Gasteiger partial charge in [-0.3, -0.25) is 4.79 Å². The van der Waals surface area contributed by atoms with Gasteiger partial charge >= 0.3 is 0 Å². The van der Waals surface area contributed by atoms with Crippen LogP contribution in [0.5, 0.6) is 0 Å². The molecule has 0 saturated heterocycles. The number of rotatable bonds is 9. The summed E-state index contributed by atoms with van der Waals surface area (Å²) in [6, 6.07) is 37.6. The van der Waals surface area contributed by atoms with E-state index in [1.54, 1.807) is 0 Å². The van der Waals surface area contributed by atoms with E-state index in [1.165, 1.54) is 11.1 Å². The van der Waals surface area contributed by atoms with Gasteiger partial charge in [0.15, 0.2) is 0 Å². The Labute approximate surface area is 209 Å². The number of anilines is 1. The van der Waals surface area contributed by atoms with E-state index in [-0.39, 0.29) is 11.8 Å². The largest absolute Gasteiger partial charge is 0.378 e. The maximum absolute atomic E-state index is 13.7. The Kier molecular flexibility index (Phi) is 7.99. The van der Waals surface area contributed by atoms with E-state index >= 15 is 0 Å². The summed E-state index contributed by atoms with van der Waals surface area (Å²) in [5.41, 5.74) is 6.61. The Morgan fingerprint density at radius 1 is 0.714 bits per heavy atom. The molecule has 0 unspecified atom stereocenters. The van der Waals surface area contributed by atoms with Crippen LogP contribution in [0.3, 0.4) is 0 Å². The van der Waals surface area contributed by atoms with Gasteiger partial charge in [-0.05, 0) is 53.8 Å². The summed E-state index contributed by atoms with van der Waals surface area (Å²) in [5, 5.41) is 0. The number of benzene rings is 4. The molecule has 0 atom stereocenters. The standard InChI is InChI=1S/C32H34N2O/c1-25-12-10-11-17-30(25)32(35)34(24-26-18-20-29(21-19-26)33(2)3)23-22-31(27-13-6-4-7-14-27)28-15-8-5-9-16-28/h4-21,31H,22-24H2,1-3H3.